The Balaban J connectivity index is 0.000000671. The van der Waals surface area contributed by atoms with Crippen molar-refractivity contribution in [2.45, 2.75) is 6.42 Å². The molecule has 0 fully saturated rings. The molecule has 0 amide bonds. The quantitative estimate of drug-likeness (QED) is 0.547. The molecule has 0 N–H and O–H groups in total. The molecule has 1 aromatic rings. The van der Waals surface area contributed by atoms with E-state index >= 15 is 0 Å². The molecule has 1 aromatic carbocycles. The molecular formula is C10H10Cl2O. The van der Waals surface area contributed by atoms with E-state index in [-0.39, 0.29) is 11.7 Å². The standard InChI is InChI=1S/C8H6Cl2O.C2H4/c9-7-3-1-2-6(4-7)5-8(10)11;1-2/h1-4H,5H2;1-2H2. The average Bonchev–Trinajstić information content (AvgIpc) is 2.06. The molecule has 70 valence electrons. The Hall–Kier alpha value is -0.790. The molecule has 0 heterocycles. The van der Waals surface area contributed by atoms with Crippen LogP contribution in [0, 0.1) is 0 Å². The van der Waals surface area contributed by atoms with E-state index in [9.17, 15) is 4.79 Å². The number of halogens is 2. The molecule has 0 aliphatic heterocycles. The van der Waals surface area contributed by atoms with Gasteiger partial charge in [0, 0.05) is 11.4 Å². The summed E-state index contributed by atoms with van der Waals surface area (Å²) in [5.74, 6) is 0. The van der Waals surface area contributed by atoms with Crippen LogP contribution < -0.4 is 0 Å². The molecule has 0 atom stereocenters. The number of hydrogen-bond donors (Lipinski definition) is 0. The lowest BCUT2D eigenvalue weighted by Crippen LogP contribution is -1.92. The summed E-state index contributed by atoms with van der Waals surface area (Å²) in [6.07, 6.45) is 0.238. The molecule has 1 nitrogen and oxygen atoms in total. The first kappa shape index (κ1) is 12.2. The molecule has 0 unspecified atom stereocenters. The van der Waals surface area contributed by atoms with Crippen LogP contribution in [0.5, 0.6) is 0 Å². The molecule has 0 saturated carbocycles. The second-order valence-electron chi connectivity index (χ2n) is 2.16. The van der Waals surface area contributed by atoms with Crippen LogP contribution in [0.3, 0.4) is 0 Å². The van der Waals surface area contributed by atoms with Crippen molar-refractivity contribution in [2.24, 2.45) is 0 Å². The first-order valence-corrected chi connectivity index (χ1v) is 4.37. The van der Waals surface area contributed by atoms with Crippen LogP contribution in [0.25, 0.3) is 0 Å². The second kappa shape index (κ2) is 6.70. The fourth-order valence-corrected chi connectivity index (χ4v) is 1.17. The van der Waals surface area contributed by atoms with Crippen molar-refractivity contribution < 1.29 is 4.79 Å². The molecule has 13 heavy (non-hydrogen) atoms. The van der Waals surface area contributed by atoms with Gasteiger partial charge in [0.25, 0.3) is 0 Å². The van der Waals surface area contributed by atoms with Crippen molar-refractivity contribution in [3.8, 4) is 0 Å². The van der Waals surface area contributed by atoms with E-state index < -0.39 is 0 Å². The van der Waals surface area contributed by atoms with Gasteiger partial charge < -0.3 is 0 Å². The topological polar surface area (TPSA) is 17.1 Å². The summed E-state index contributed by atoms with van der Waals surface area (Å²) in [6, 6.07) is 7.08. The maximum absolute atomic E-state index is 10.4. The summed E-state index contributed by atoms with van der Waals surface area (Å²) in [7, 11) is 0. The number of carbonyl (C=O) groups is 1. The summed E-state index contributed by atoms with van der Waals surface area (Å²) >= 11 is 10.9. The first-order valence-electron chi connectivity index (χ1n) is 3.61. The van der Waals surface area contributed by atoms with E-state index in [0.717, 1.165) is 5.56 Å². The summed E-state index contributed by atoms with van der Waals surface area (Å²) < 4.78 is 0. The van der Waals surface area contributed by atoms with Gasteiger partial charge in [-0.15, -0.1) is 13.2 Å². The Bertz CT molecular complexity index is 284. The van der Waals surface area contributed by atoms with Crippen molar-refractivity contribution in [1.29, 1.82) is 0 Å². The lowest BCUT2D eigenvalue weighted by atomic mass is 10.2. The number of rotatable bonds is 2. The number of benzene rings is 1. The van der Waals surface area contributed by atoms with Crippen molar-refractivity contribution in [3.63, 3.8) is 0 Å². The lowest BCUT2D eigenvalue weighted by molar-refractivity contribution is -0.111. The van der Waals surface area contributed by atoms with Gasteiger partial charge in [-0.1, -0.05) is 23.7 Å². The highest BCUT2D eigenvalue weighted by molar-refractivity contribution is 6.63. The molecule has 0 aliphatic rings. The van der Waals surface area contributed by atoms with Gasteiger partial charge in [-0.2, -0.15) is 0 Å². The minimum atomic E-state index is -0.368. The molecule has 3 heteroatoms. The van der Waals surface area contributed by atoms with Gasteiger partial charge in [-0.25, -0.2) is 0 Å². The third kappa shape index (κ3) is 5.45. The van der Waals surface area contributed by atoms with Crippen LogP contribution in [0.4, 0.5) is 0 Å². The van der Waals surface area contributed by atoms with E-state index in [0.29, 0.717) is 5.02 Å². The van der Waals surface area contributed by atoms with Crippen LogP contribution >= 0.6 is 23.2 Å². The summed E-state index contributed by atoms with van der Waals surface area (Å²) in [4.78, 5) is 10.4. The largest absolute Gasteiger partial charge is 0.281 e. The summed E-state index contributed by atoms with van der Waals surface area (Å²) in [5.41, 5.74) is 0.845. The highest BCUT2D eigenvalue weighted by Gasteiger charge is 1.98. The molecule has 0 saturated heterocycles. The monoisotopic (exact) mass is 216 g/mol. The third-order valence-electron chi connectivity index (χ3n) is 1.23. The smallest absolute Gasteiger partial charge is 0.226 e. The van der Waals surface area contributed by atoms with Crippen molar-refractivity contribution >= 4 is 28.4 Å². The Labute approximate surface area is 88.0 Å². The van der Waals surface area contributed by atoms with Crippen molar-refractivity contribution in [2.75, 3.05) is 0 Å². The molecule has 0 bridgehead atoms. The predicted molar refractivity (Wildman–Crippen MR) is 57.3 cm³/mol. The Morgan fingerprint density at radius 1 is 1.38 bits per heavy atom. The molecule has 0 aliphatic carbocycles. The fourth-order valence-electron chi connectivity index (χ4n) is 0.807. The van der Waals surface area contributed by atoms with Gasteiger partial charge in [-0.05, 0) is 29.3 Å². The SMILES string of the molecule is C=C.O=C(Cl)Cc1cccc(Cl)c1. The normalized spacial score (nSPS) is 8.46. The van der Waals surface area contributed by atoms with Gasteiger partial charge in [0.05, 0.1) is 0 Å². The van der Waals surface area contributed by atoms with Crippen LogP contribution in [0.2, 0.25) is 5.02 Å². The first-order chi connectivity index (χ1) is 6.18. The highest BCUT2D eigenvalue weighted by Crippen LogP contribution is 2.11. The second-order valence-corrected chi connectivity index (χ2v) is 3.02. The summed E-state index contributed by atoms with van der Waals surface area (Å²) in [5, 5.41) is 0.257. The van der Waals surface area contributed by atoms with Crippen LogP contribution in [-0.4, -0.2) is 5.24 Å². The van der Waals surface area contributed by atoms with Gasteiger partial charge in [0.2, 0.25) is 5.24 Å². The van der Waals surface area contributed by atoms with E-state index in [2.05, 4.69) is 13.2 Å². The van der Waals surface area contributed by atoms with Gasteiger partial charge in [0.1, 0.15) is 0 Å². The number of carbonyl (C=O) groups excluding carboxylic acids is 1. The third-order valence-corrected chi connectivity index (χ3v) is 1.60. The molecule has 0 spiro atoms. The molecular weight excluding hydrogens is 207 g/mol. The zero-order valence-corrected chi connectivity index (χ0v) is 8.61. The van der Waals surface area contributed by atoms with Crippen LogP contribution in [-0.2, 0) is 11.2 Å². The van der Waals surface area contributed by atoms with E-state index in [1.165, 1.54) is 0 Å². The zero-order valence-electron chi connectivity index (χ0n) is 7.09. The van der Waals surface area contributed by atoms with E-state index in [1.54, 1.807) is 18.2 Å². The minimum Gasteiger partial charge on any atom is -0.281 e. The Morgan fingerprint density at radius 3 is 2.46 bits per heavy atom. The fraction of sp³-hybridized carbons (Fsp3) is 0.100. The van der Waals surface area contributed by atoms with Crippen LogP contribution in [0.1, 0.15) is 5.56 Å². The maximum atomic E-state index is 10.4. The summed E-state index contributed by atoms with van der Waals surface area (Å²) in [6.45, 7) is 6.00. The van der Waals surface area contributed by atoms with Crippen molar-refractivity contribution in [3.05, 3.63) is 48.0 Å². The molecule has 1 rings (SSSR count). The van der Waals surface area contributed by atoms with Gasteiger partial charge >= 0.3 is 0 Å². The minimum absolute atomic E-state index is 0.238. The Morgan fingerprint density at radius 2 is 2.00 bits per heavy atom. The zero-order chi connectivity index (χ0) is 10.3. The maximum Gasteiger partial charge on any atom is 0.226 e. The van der Waals surface area contributed by atoms with E-state index in [1.807, 2.05) is 6.07 Å². The van der Waals surface area contributed by atoms with E-state index in [4.69, 9.17) is 23.2 Å². The average molecular weight is 217 g/mol. The predicted octanol–water partition coefficient (Wildman–Crippen LogP) is 3.45. The van der Waals surface area contributed by atoms with Crippen LogP contribution in [0.15, 0.2) is 37.4 Å². The number of hydrogen-bond acceptors (Lipinski definition) is 1. The highest BCUT2D eigenvalue weighted by atomic mass is 35.5. The Kier molecular flexibility index (Phi) is 6.29. The van der Waals surface area contributed by atoms with Gasteiger partial charge in [0.15, 0.2) is 0 Å². The molecule has 0 aromatic heterocycles. The van der Waals surface area contributed by atoms with Gasteiger partial charge in [-0.3, -0.25) is 4.79 Å². The lowest BCUT2D eigenvalue weighted by Gasteiger charge is -1.95. The van der Waals surface area contributed by atoms with Crippen molar-refractivity contribution in [1.82, 2.24) is 0 Å². The molecule has 0 radical (unpaired) electrons.